The normalized spacial score (nSPS) is 18.1. The molecule has 0 atom stereocenters. The SMILES string of the molecule is CCOC(=O)c1cnn(-c2cccc(NC(=O)C34CCCN3CCC4)c2)c1C. The van der Waals surface area contributed by atoms with Crippen molar-refractivity contribution in [2.75, 3.05) is 25.0 Å². The van der Waals surface area contributed by atoms with Crippen LogP contribution in [-0.2, 0) is 9.53 Å². The molecule has 2 aromatic rings. The van der Waals surface area contributed by atoms with Gasteiger partial charge in [-0.25, -0.2) is 9.48 Å². The highest BCUT2D eigenvalue weighted by Gasteiger charge is 2.49. The first-order valence-corrected chi connectivity index (χ1v) is 9.94. The van der Waals surface area contributed by atoms with Gasteiger partial charge in [-0.05, 0) is 70.8 Å². The summed E-state index contributed by atoms with van der Waals surface area (Å²) in [4.78, 5) is 27.4. The van der Waals surface area contributed by atoms with E-state index in [1.54, 1.807) is 11.6 Å². The number of amides is 1. The first kappa shape index (κ1) is 18.7. The molecule has 1 aromatic carbocycles. The standard InChI is InChI=1S/C21H26N4O3/c1-3-28-19(26)18-14-22-25(15(18)2)17-8-4-7-16(13-17)23-20(27)21-9-5-11-24(21)12-6-10-21/h4,7-8,13-14H,3,5-6,9-12H2,1-2H3,(H,23,27). The van der Waals surface area contributed by atoms with Crippen LogP contribution in [0.15, 0.2) is 30.5 Å². The lowest BCUT2D eigenvalue weighted by Gasteiger charge is -2.30. The Labute approximate surface area is 164 Å². The van der Waals surface area contributed by atoms with Gasteiger partial charge in [0.2, 0.25) is 5.91 Å². The maximum Gasteiger partial charge on any atom is 0.341 e. The molecule has 1 N–H and O–H groups in total. The van der Waals surface area contributed by atoms with Crippen molar-refractivity contribution in [1.82, 2.24) is 14.7 Å². The molecule has 2 aliphatic heterocycles. The van der Waals surface area contributed by atoms with Crippen LogP contribution in [0.25, 0.3) is 5.69 Å². The minimum absolute atomic E-state index is 0.0871. The first-order chi connectivity index (χ1) is 13.5. The van der Waals surface area contributed by atoms with Gasteiger partial charge in [0, 0.05) is 5.69 Å². The maximum absolute atomic E-state index is 13.1. The number of fused-ring (bicyclic) bond motifs is 1. The predicted molar refractivity (Wildman–Crippen MR) is 106 cm³/mol. The lowest BCUT2D eigenvalue weighted by molar-refractivity contribution is -0.125. The van der Waals surface area contributed by atoms with E-state index in [4.69, 9.17) is 4.74 Å². The van der Waals surface area contributed by atoms with E-state index in [1.165, 1.54) is 6.20 Å². The number of hydrogen-bond acceptors (Lipinski definition) is 5. The number of carbonyl (C=O) groups excluding carboxylic acids is 2. The highest BCUT2D eigenvalue weighted by atomic mass is 16.5. The summed E-state index contributed by atoms with van der Waals surface area (Å²) in [5.74, 6) is -0.290. The molecule has 0 radical (unpaired) electrons. The molecule has 0 unspecified atom stereocenters. The van der Waals surface area contributed by atoms with Gasteiger partial charge in [-0.3, -0.25) is 9.69 Å². The Bertz CT molecular complexity index is 895. The summed E-state index contributed by atoms with van der Waals surface area (Å²) >= 11 is 0. The molecule has 2 saturated heterocycles. The molecule has 0 bridgehead atoms. The Morgan fingerprint density at radius 2 is 2.00 bits per heavy atom. The van der Waals surface area contributed by atoms with Crippen molar-refractivity contribution < 1.29 is 14.3 Å². The van der Waals surface area contributed by atoms with E-state index in [-0.39, 0.29) is 17.4 Å². The highest BCUT2D eigenvalue weighted by Crippen LogP contribution is 2.39. The van der Waals surface area contributed by atoms with E-state index < -0.39 is 0 Å². The van der Waals surface area contributed by atoms with E-state index in [1.807, 2.05) is 31.2 Å². The molecule has 0 spiro atoms. The maximum atomic E-state index is 13.1. The Balaban J connectivity index is 1.56. The van der Waals surface area contributed by atoms with Crippen LogP contribution in [-0.4, -0.2) is 51.8 Å². The van der Waals surface area contributed by atoms with Gasteiger partial charge in [-0.1, -0.05) is 6.07 Å². The van der Waals surface area contributed by atoms with E-state index in [0.29, 0.717) is 17.9 Å². The van der Waals surface area contributed by atoms with Gasteiger partial charge in [0.1, 0.15) is 11.1 Å². The molecule has 0 saturated carbocycles. The van der Waals surface area contributed by atoms with Crippen molar-refractivity contribution in [3.05, 3.63) is 41.7 Å². The third-order valence-electron chi connectivity index (χ3n) is 5.92. The van der Waals surface area contributed by atoms with E-state index in [0.717, 1.165) is 50.1 Å². The van der Waals surface area contributed by atoms with Crippen LogP contribution >= 0.6 is 0 Å². The van der Waals surface area contributed by atoms with Crippen molar-refractivity contribution in [2.24, 2.45) is 0 Å². The Kier molecular flexibility index (Phi) is 4.93. The number of hydrogen-bond donors (Lipinski definition) is 1. The summed E-state index contributed by atoms with van der Waals surface area (Å²) in [7, 11) is 0. The molecule has 2 aliphatic rings. The van der Waals surface area contributed by atoms with Gasteiger partial charge < -0.3 is 10.1 Å². The summed E-state index contributed by atoms with van der Waals surface area (Å²) in [6.45, 7) is 5.95. The zero-order valence-corrected chi connectivity index (χ0v) is 16.4. The second kappa shape index (κ2) is 7.39. The third-order valence-corrected chi connectivity index (χ3v) is 5.92. The minimum Gasteiger partial charge on any atom is -0.462 e. The predicted octanol–water partition coefficient (Wildman–Crippen LogP) is 2.92. The number of rotatable bonds is 5. The quantitative estimate of drug-likeness (QED) is 0.805. The number of nitrogens with zero attached hydrogens (tertiary/aromatic N) is 3. The number of ether oxygens (including phenoxy) is 1. The number of nitrogens with one attached hydrogen (secondary N) is 1. The van der Waals surface area contributed by atoms with Gasteiger partial charge >= 0.3 is 5.97 Å². The van der Waals surface area contributed by atoms with Gasteiger partial charge in [-0.15, -0.1) is 0 Å². The molecular weight excluding hydrogens is 356 g/mol. The molecule has 28 heavy (non-hydrogen) atoms. The second-order valence-electron chi connectivity index (χ2n) is 7.51. The fraction of sp³-hybridized carbons (Fsp3) is 0.476. The smallest absolute Gasteiger partial charge is 0.341 e. The van der Waals surface area contributed by atoms with E-state index >= 15 is 0 Å². The van der Waals surface area contributed by atoms with Gasteiger partial charge in [0.15, 0.2) is 0 Å². The Morgan fingerprint density at radius 3 is 2.71 bits per heavy atom. The summed E-state index contributed by atoms with van der Waals surface area (Å²) in [6.07, 6.45) is 5.54. The number of esters is 1. The fourth-order valence-corrected chi connectivity index (χ4v) is 4.52. The summed E-state index contributed by atoms with van der Waals surface area (Å²) in [5, 5.41) is 7.45. The average Bonchev–Trinajstić information content (AvgIpc) is 3.36. The Morgan fingerprint density at radius 1 is 1.25 bits per heavy atom. The second-order valence-corrected chi connectivity index (χ2v) is 7.51. The third kappa shape index (κ3) is 3.09. The molecule has 4 rings (SSSR count). The summed E-state index contributed by atoms with van der Waals surface area (Å²) in [6, 6.07) is 7.56. The number of aromatic nitrogens is 2. The molecular formula is C21H26N4O3. The van der Waals surface area contributed by atoms with Crippen molar-refractivity contribution >= 4 is 17.6 Å². The van der Waals surface area contributed by atoms with Crippen LogP contribution in [0.5, 0.6) is 0 Å². The van der Waals surface area contributed by atoms with Crippen molar-refractivity contribution in [3.8, 4) is 5.69 Å². The van der Waals surface area contributed by atoms with Crippen molar-refractivity contribution in [1.29, 1.82) is 0 Å². The highest BCUT2D eigenvalue weighted by molar-refractivity contribution is 5.98. The topological polar surface area (TPSA) is 76.5 Å². The lowest BCUT2D eigenvalue weighted by atomic mass is 9.93. The number of anilines is 1. The Hall–Kier alpha value is -2.67. The average molecular weight is 382 g/mol. The van der Waals surface area contributed by atoms with E-state index in [2.05, 4.69) is 15.3 Å². The van der Waals surface area contributed by atoms with Crippen LogP contribution in [0, 0.1) is 6.92 Å². The number of carbonyl (C=O) groups is 2. The van der Waals surface area contributed by atoms with E-state index in [9.17, 15) is 9.59 Å². The van der Waals surface area contributed by atoms with Crippen LogP contribution in [0.3, 0.4) is 0 Å². The molecule has 7 heteroatoms. The minimum atomic E-state index is -0.377. The van der Waals surface area contributed by atoms with Gasteiger partial charge in [0.05, 0.1) is 24.2 Å². The summed E-state index contributed by atoms with van der Waals surface area (Å²) < 4.78 is 6.77. The van der Waals surface area contributed by atoms with Crippen LogP contribution in [0.2, 0.25) is 0 Å². The molecule has 148 valence electrons. The van der Waals surface area contributed by atoms with Crippen LogP contribution in [0.1, 0.15) is 48.7 Å². The fourth-order valence-electron chi connectivity index (χ4n) is 4.52. The van der Waals surface area contributed by atoms with Gasteiger partial charge in [-0.2, -0.15) is 5.10 Å². The van der Waals surface area contributed by atoms with Crippen LogP contribution < -0.4 is 5.32 Å². The summed E-state index contributed by atoms with van der Waals surface area (Å²) in [5.41, 5.74) is 2.34. The lowest BCUT2D eigenvalue weighted by Crippen LogP contribution is -2.48. The molecule has 2 fully saturated rings. The first-order valence-electron chi connectivity index (χ1n) is 9.94. The molecule has 0 aliphatic carbocycles. The van der Waals surface area contributed by atoms with Crippen molar-refractivity contribution in [3.63, 3.8) is 0 Å². The van der Waals surface area contributed by atoms with Crippen molar-refractivity contribution in [2.45, 2.75) is 45.1 Å². The molecule has 1 amide bonds. The molecule has 3 heterocycles. The zero-order valence-electron chi connectivity index (χ0n) is 16.4. The zero-order chi connectivity index (χ0) is 19.7. The van der Waals surface area contributed by atoms with Gasteiger partial charge in [0.25, 0.3) is 0 Å². The number of benzene rings is 1. The molecule has 7 nitrogen and oxygen atoms in total. The largest absolute Gasteiger partial charge is 0.462 e. The van der Waals surface area contributed by atoms with Crippen LogP contribution in [0.4, 0.5) is 5.69 Å². The molecule has 1 aromatic heterocycles. The monoisotopic (exact) mass is 382 g/mol.